The lowest BCUT2D eigenvalue weighted by atomic mass is 10.2. The zero-order chi connectivity index (χ0) is 13.9. The van der Waals surface area contributed by atoms with Crippen molar-refractivity contribution in [3.8, 4) is 0 Å². The van der Waals surface area contributed by atoms with E-state index in [1.165, 1.54) is 12.8 Å². The van der Waals surface area contributed by atoms with Crippen molar-refractivity contribution in [1.82, 2.24) is 9.88 Å². The summed E-state index contributed by atoms with van der Waals surface area (Å²) >= 11 is 0. The number of rotatable bonds is 4. The van der Waals surface area contributed by atoms with Gasteiger partial charge in [-0.25, -0.2) is 0 Å². The Morgan fingerprint density at radius 2 is 2.35 bits per heavy atom. The minimum atomic E-state index is -0.106. The van der Waals surface area contributed by atoms with Crippen molar-refractivity contribution >= 4 is 11.6 Å². The predicted octanol–water partition coefficient (Wildman–Crippen LogP) is 1.82. The first kappa shape index (κ1) is 13.4. The molecule has 0 bridgehead atoms. The number of carbonyl (C=O) groups is 1. The van der Waals surface area contributed by atoms with E-state index in [4.69, 9.17) is 4.74 Å². The van der Waals surface area contributed by atoms with Crippen LogP contribution in [0.3, 0.4) is 0 Å². The molecule has 0 spiro atoms. The molecule has 0 aromatic carbocycles. The molecular formula is C15H21N3O2. The van der Waals surface area contributed by atoms with Crippen LogP contribution >= 0.6 is 0 Å². The van der Waals surface area contributed by atoms with E-state index in [0.29, 0.717) is 19.7 Å². The van der Waals surface area contributed by atoms with E-state index >= 15 is 0 Å². The highest BCUT2D eigenvalue weighted by Gasteiger charge is 2.24. The zero-order valence-electron chi connectivity index (χ0n) is 11.8. The van der Waals surface area contributed by atoms with Gasteiger partial charge in [0.15, 0.2) is 0 Å². The summed E-state index contributed by atoms with van der Waals surface area (Å²) in [5.74, 6) is 0.946. The van der Waals surface area contributed by atoms with E-state index in [-0.39, 0.29) is 12.0 Å². The Morgan fingerprint density at radius 3 is 3.00 bits per heavy atom. The molecule has 2 aliphatic rings. The first-order valence-corrected chi connectivity index (χ1v) is 7.29. The quantitative estimate of drug-likeness (QED) is 0.910. The van der Waals surface area contributed by atoms with E-state index in [2.05, 4.69) is 10.3 Å². The molecule has 3 rings (SSSR count). The Kier molecular flexibility index (Phi) is 3.87. The molecule has 20 heavy (non-hydrogen) atoms. The van der Waals surface area contributed by atoms with Crippen molar-refractivity contribution < 1.29 is 9.53 Å². The molecule has 1 saturated heterocycles. The topological polar surface area (TPSA) is 54.5 Å². The maximum absolute atomic E-state index is 11.4. The molecule has 0 unspecified atom stereocenters. The molecule has 1 aromatic rings. The summed E-state index contributed by atoms with van der Waals surface area (Å²) in [4.78, 5) is 17.7. The lowest BCUT2D eigenvalue weighted by Crippen LogP contribution is -2.41. The van der Waals surface area contributed by atoms with Gasteiger partial charge in [0, 0.05) is 20.0 Å². The van der Waals surface area contributed by atoms with Crippen LogP contribution in [0.4, 0.5) is 5.69 Å². The van der Waals surface area contributed by atoms with Gasteiger partial charge in [-0.1, -0.05) is 0 Å². The van der Waals surface area contributed by atoms with Gasteiger partial charge in [-0.3, -0.25) is 9.78 Å². The second kappa shape index (κ2) is 5.79. The number of hydrogen-bond acceptors (Lipinski definition) is 4. The molecule has 1 aliphatic carbocycles. The number of hydrogen-bond donors (Lipinski definition) is 1. The Bertz CT molecular complexity index is 471. The maximum atomic E-state index is 11.4. The molecule has 1 atom stereocenters. The first-order chi connectivity index (χ1) is 9.72. The number of nitrogens with one attached hydrogen (secondary N) is 1. The van der Waals surface area contributed by atoms with E-state index in [9.17, 15) is 4.79 Å². The lowest BCUT2D eigenvalue weighted by Gasteiger charge is -2.32. The first-order valence-electron chi connectivity index (χ1n) is 7.29. The van der Waals surface area contributed by atoms with Crippen LogP contribution in [0.1, 0.15) is 31.6 Å². The van der Waals surface area contributed by atoms with Crippen LogP contribution in [-0.4, -0.2) is 42.0 Å². The summed E-state index contributed by atoms with van der Waals surface area (Å²) in [5.41, 5.74) is 1.95. The van der Waals surface area contributed by atoms with Crippen molar-refractivity contribution in [3.05, 3.63) is 24.0 Å². The van der Waals surface area contributed by atoms with Crippen LogP contribution in [0.2, 0.25) is 0 Å². The third-order valence-corrected chi connectivity index (χ3v) is 3.92. The highest BCUT2D eigenvalue weighted by atomic mass is 16.5. The number of anilines is 1. The largest absolute Gasteiger partial charge is 0.384 e. The van der Waals surface area contributed by atoms with Crippen LogP contribution in [0, 0.1) is 5.92 Å². The average Bonchev–Trinajstić information content (AvgIpc) is 3.30. The van der Waals surface area contributed by atoms with Gasteiger partial charge in [-0.15, -0.1) is 0 Å². The van der Waals surface area contributed by atoms with Gasteiger partial charge < -0.3 is 15.0 Å². The summed E-state index contributed by atoms with van der Waals surface area (Å²) in [5, 5.41) is 3.40. The van der Waals surface area contributed by atoms with Gasteiger partial charge in [0.2, 0.25) is 5.91 Å². The maximum Gasteiger partial charge on any atom is 0.219 e. The molecule has 0 radical (unpaired) electrons. The fourth-order valence-corrected chi connectivity index (χ4v) is 2.40. The number of ether oxygens (including phenoxy) is 1. The normalized spacial score (nSPS) is 22.6. The predicted molar refractivity (Wildman–Crippen MR) is 76.4 cm³/mol. The van der Waals surface area contributed by atoms with E-state index in [1.807, 2.05) is 23.2 Å². The smallest absolute Gasteiger partial charge is 0.219 e. The van der Waals surface area contributed by atoms with Crippen LogP contribution in [0.15, 0.2) is 18.3 Å². The van der Waals surface area contributed by atoms with Gasteiger partial charge in [-0.05, 0) is 30.9 Å². The molecule has 2 heterocycles. The standard InChI is InChI=1S/C15H21N3O2/c1-11(19)18-6-7-20-15(10-18)14-5-4-13(9-17-14)16-8-12-2-3-12/h4-5,9,12,15-16H,2-3,6-8,10H2,1H3/t15-/m0/s1. The second-order valence-electron chi connectivity index (χ2n) is 5.62. The summed E-state index contributed by atoms with van der Waals surface area (Å²) in [6.07, 6.45) is 4.43. The monoisotopic (exact) mass is 275 g/mol. The highest BCUT2D eigenvalue weighted by molar-refractivity contribution is 5.73. The molecule has 1 amide bonds. The van der Waals surface area contributed by atoms with Crippen LogP contribution in [0.25, 0.3) is 0 Å². The third kappa shape index (κ3) is 3.28. The minimum Gasteiger partial charge on any atom is -0.384 e. The molecular weight excluding hydrogens is 254 g/mol. The van der Waals surface area contributed by atoms with Gasteiger partial charge in [0.25, 0.3) is 0 Å². The van der Waals surface area contributed by atoms with Crippen molar-refractivity contribution in [1.29, 1.82) is 0 Å². The summed E-state index contributed by atoms with van der Waals surface area (Å²) < 4.78 is 5.72. The number of morpholine rings is 1. The molecule has 1 aromatic heterocycles. The SMILES string of the molecule is CC(=O)N1CCO[C@H](c2ccc(NCC3CC3)cn2)C1. The number of aromatic nitrogens is 1. The van der Waals surface area contributed by atoms with E-state index < -0.39 is 0 Å². The molecule has 1 saturated carbocycles. The number of nitrogens with zero attached hydrogens (tertiary/aromatic N) is 2. The zero-order valence-corrected chi connectivity index (χ0v) is 11.8. The minimum absolute atomic E-state index is 0.0982. The summed E-state index contributed by atoms with van der Waals surface area (Å²) in [6, 6.07) is 4.03. The molecule has 108 valence electrons. The van der Waals surface area contributed by atoms with Crippen molar-refractivity contribution in [2.24, 2.45) is 5.92 Å². The van der Waals surface area contributed by atoms with Crippen LogP contribution < -0.4 is 5.32 Å². The second-order valence-corrected chi connectivity index (χ2v) is 5.62. The molecule has 5 nitrogen and oxygen atoms in total. The number of carbonyl (C=O) groups excluding carboxylic acids is 1. The Hall–Kier alpha value is -1.62. The third-order valence-electron chi connectivity index (χ3n) is 3.92. The van der Waals surface area contributed by atoms with Gasteiger partial charge in [0.1, 0.15) is 6.10 Å². The van der Waals surface area contributed by atoms with Gasteiger partial charge in [-0.2, -0.15) is 0 Å². The van der Waals surface area contributed by atoms with Crippen molar-refractivity contribution in [2.75, 3.05) is 31.6 Å². The van der Waals surface area contributed by atoms with Crippen molar-refractivity contribution in [2.45, 2.75) is 25.9 Å². The highest BCUT2D eigenvalue weighted by Crippen LogP contribution is 2.29. The number of pyridine rings is 1. The van der Waals surface area contributed by atoms with E-state index in [0.717, 1.165) is 23.8 Å². The van der Waals surface area contributed by atoms with Gasteiger partial charge >= 0.3 is 0 Å². The Labute approximate surface area is 119 Å². The van der Waals surface area contributed by atoms with E-state index in [1.54, 1.807) is 6.92 Å². The summed E-state index contributed by atoms with van der Waals surface area (Å²) in [6.45, 7) is 4.48. The van der Waals surface area contributed by atoms with Gasteiger partial charge in [0.05, 0.1) is 30.7 Å². The Morgan fingerprint density at radius 1 is 1.50 bits per heavy atom. The lowest BCUT2D eigenvalue weighted by molar-refractivity contribution is -0.136. The van der Waals surface area contributed by atoms with Crippen LogP contribution in [0.5, 0.6) is 0 Å². The van der Waals surface area contributed by atoms with Crippen molar-refractivity contribution in [3.63, 3.8) is 0 Å². The molecule has 1 N–H and O–H groups in total. The average molecular weight is 275 g/mol. The number of amides is 1. The summed E-state index contributed by atoms with van der Waals surface area (Å²) in [7, 11) is 0. The molecule has 1 aliphatic heterocycles. The molecule has 5 heteroatoms. The molecule has 2 fully saturated rings. The van der Waals surface area contributed by atoms with Crippen LogP contribution in [-0.2, 0) is 9.53 Å². The fourth-order valence-electron chi connectivity index (χ4n) is 2.40. The Balaban J connectivity index is 1.59. The fraction of sp³-hybridized carbons (Fsp3) is 0.600.